The van der Waals surface area contributed by atoms with E-state index in [1.807, 2.05) is 12.3 Å². The van der Waals surface area contributed by atoms with Crippen molar-refractivity contribution in [2.24, 2.45) is 0 Å². The molecule has 0 N–H and O–H groups in total. The predicted octanol–water partition coefficient (Wildman–Crippen LogP) is 3.75. The summed E-state index contributed by atoms with van der Waals surface area (Å²) in [6.07, 6.45) is 3.89. The lowest BCUT2D eigenvalue weighted by Gasteiger charge is -2.22. The maximum Gasteiger partial charge on any atom is 0.244 e. The van der Waals surface area contributed by atoms with Crippen LogP contribution in [0.4, 0.5) is 0 Å². The summed E-state index contributed by atoms with van der Waals surface area (Å²) in [6, 6.07) is 0.207. The monoisotopic (exact) mass is 321 g/mol. The predicted molar refractivity (Wildman–Crippen MR) is 80.4 cm³/mol. The molecule has 0 bridgehead atoms. The lowest BCUT2D eigenvalue weighted by Crippen LogP contribution is -2.34. The highest BCUT2D eigenvalue weighted by Gasteiger charge is 2.39. The van der Waals surface area contributed by atoms with Crippen LogP contribution in [0.5, 0.6) is 0 Å². The van der Waals surface area contributed by atoms with Crippen LogP contribution in [-0.2, 0) is 15.9 Å². The summed E-state index contributed by atoms with van der Waals surface area (Å²) in [5, 5.41) is 1.88. The van der Waals surface area contributed by atoms with Crippen molar-refractivity contribution in [2.45, 2.75) is 56.3 Å². The van der Waals surface area contributed by atoms with Crippen molar-refractivity contribution in [1.82, 2.24) is 4.31 Å². The van der Waals surface area contributed by atoms with E-state index in [2.05, 4.69) is 6.92 Å². The Morgan fingerprint density at radius 2 is 2.16 bits per heavy atom. The molecular weight excluding hydrogens is 302 g/mol. The molecule has 1 saturated carbocycles. The zero-order valence-corrected chi connectivity index (χ0v) is 13.7. The van der Waals surface area contributed by atoms with Gasteiger partial charge in [0.05, 0.1) is 5.88 Å². The highest BCUT2D eigenvalue weighted by molar-refractivity contribution is 7.89. The number of hydrogen-bond acceptors (Lipinski definition) is 3. The van der Waals surface area contributed by atoms with Crippen LogP contribution in [0.15, 0.2) is 10.3 Å². The number of unbranched alkanes of at least 4 members (excludes halogenated alkanes) is 1. The van der Waals surface area contributed by atoms with Gasteiger partial charge < -0.3 is 0 Å². The lowest BCUT2D eigenvalue weighted by molar-refractivity contribution is 0.395. The first kappa shape index (κ1) is 15.3. The molecule has 3 nitrogen and oxygen atoms in total. The van der Waals surface area contributed by atoms with Gasteiger partial charge in [0.25, 0.3) is 0 Å². The first-order valence-electron chi connectivity index (χ1n) is 6.67. The first-order chi connectivity index (χ1) is 9.02. The molecule has 0 spiro atoms. The normalized spacial score (nSPS) is 16.2. The summed E-state index contributed by atoms with van der Waals surface area (Å²) in [6.45, 7) is 4.56. The molecule has 0 aromatic carbocycles. The number of thiophene rings is 1. The molecule has 0 atom stereocenters. The molecule has 1 aliphatic rings. The fourth-order valence-electron chi connectivity index (χ4n) is 2.22. The molecule has 0 aliphatic heterocycles. The SMILES string of the molecule is CCCCN(C1CC1)S(=O)(=O)c1c(C)csc1CCl. The van der Waals surface area contributed by atoms with E-state index in [0.717, 1.165) is 36.1 Å². The second-order valence-electron chi connectivity index (χ2n) is 5.01. The van der Waals surface area contributed by atoms with Crippen molar-refractivity contribution in [3.8, 4) is 0 Å². The second-order valence-corrected chi connectivity index (χ2v) is 8.06. The van der Waals surface area contributed by atoms with Crippen molar-refractivity contribution in [2.75, 3.05) is 6.54 Å². The average molecular weight is 322 g/mol. The summed E-state index contributed by atoms with van der Waals surface area (Å²) in [7, 11) is -3.38. The van der Waals surface area contributed by atoms with Gasteiger partial charge in [-0.15, -0.1) is 22.9 Å². The van der Waals surface area contributed by atoms with Crippen LogP contribution in [0.3, 0.4) is 0 Å². The summed E-state index contributed by atoms with van der Waals surface area (Å²) >= 11 is 7.32. The van der Waals surface area contributed by atoms with E-state index < -0.39 is 10.0 Å². The number of sulfonamides is 1. The van der Waals surface area contributed by atoms with Crippen LogP contribution in [0.2, 0.25) is 0 Å². The molecular formula is C13H20ClNO2S2. The van der Waals surface area contributed by atoms with Crippen molar-refractivity contribution >= 4 is 33.0 Å². The Hall–Kier alpha value is -0.100. The third-order valence-electron chi connectivity index (χ3n) is 3.36. The summed E-state index contributed by atoms with van der Waals surface area (Å²) in [5.41, 5.74) is 0.822. The van der Waals surface area contributed by atoms with Crippen LogP contribution in [-0.4, -0.2) is 25.3 Å². The molecule has 2 rings (SSSR count). The van der Waals surface area contributed by atoms with Gasteiger partial charge in [0.15, 0.2) is 0 Å². The molecule has 19 heavy (non-hydrogen) atoms. The van der Waals surface area contributed by atoms with Crippen LogP contribution >= 0.6 is 22.9 Å². The van der Waals surface area contributed by atoms with Gasteiger partial charge in [-0.2, -0.15) is 4.31 Å². The van der Waals surface area contributed by atoms with Crippen LogP contribution < -0.4 is 0 Å². The third kappa shape index (κ3) is 3.15. The van der Waals surface area contributed by atoms with Crippen molar-refractivity contribution in [1.29, 1.82) is 0 Å². The Morgan fingerprint density at radius 3 is 2.68 bits per heavy atom. The molecule has 1 aliphatic carbocycles. The Balaban J connectivity index is 2.35. The van der Waals surface area contributed by atoms with Gasteiger partial charge in [0.1, 0.15) is 4.90 Å². The summed E-state index contributed by atoms with van der Waals surface area (Å²) in [5.74, 6) is 0.263. The second kappa shape index (κ2) is 6.12. The van der Waals surface area contributed by atoms with E-state index in [0.29, 0.717) is 11.4 Å². The number of hydrogen-bond donors (Lipinski definition) is 0. The fraction of sp³-hybridized carbons (Fsp3) is 0.692. The van der Waals surface area contributed by atoms with Crippen molar-refractivity contribution in [3.63, 3.8) is 0 Å². The van der Waals surface area contributed by atoms with Crippen LogP contribution in [0, 0.1) is 6.92 Å². The number of aryl methyl sites for hydroxylation is 1. The Labute approximate surface area is 124 Å². The van der Waals surface area contributed by atoms with Crippen LogP contribution in [0.25, 0.3) is 0 Å². The van der Waals surface area contributed by atoms with E-state index >= 15 is 0 Å². The third-order valence-corrected chi connectivity index (χ3v) is 7.21. The smallest absolute Gasteiger partial charge is 0.207 e. The molecule has 0 unspecified atom stereocenters. The van der Waals surface area contributed by atoms with E-state index in [1.165, 1.54) is 11.3 Å². The van der Waals surface area contributed by atoms with Gasteiger partial charge in [-0.05, 0) is 37.1 Å². The van der Waals surface area contributed by atoms with Gasteiger partial charge >= 0.3 is 0 Å². The van der Waals surface area contributed by atoms with Gasteiger partial charge in [-0.3, -0.25) is 0 Å². The summed E-state index contributed by atoms with van der Waals surface area (Å²) in [4.78, 5) is 1.22. The minimum atomic E-state index is -3.38. The maximum absolute atomic E-state index is 12.9. The molecule has 6 heteroatoms. The van der Waals surface area contributed by atoms with Gasteiger partial charge in [-0.25, -0.2) is 8.42 Å². The van der Waals surface area contributed by atoms with E-state index in [9.17, 15) is 8.42 Å². The minimum Gasteiger partial charge on any atom is -0.207 e. The minimum absolute atomic E-state index is 0.207. The number of rotatable bonds is 7. The number of nitrogens with zero attached hydrogens (tertiary/aromatic N) is 1. The number of halogens is 1. The zero-order valence-electron chi connectivity index (χ0n) is 11.4. The highest BCUT2D eigenvalue weighted by Crippen LogP contribution is 2.36. The fourth-order valence-corrected chi connectivity index (χ4v) is 5.96. The standard InChI is InChI=1S/C13H20ClNO2S2/c1-3-4-7-15(11-5-6-11)19(16,17)13-10(2)9-18-12(13)8-14/h9,11H,3-8H2,1-2H3. The maximum atomic E-state index is 12.9. The van der Waals surface area contributed by atoms with E-state index in [1.54, 1.807) is 4.31 Å². The molecule has 1 aromatic heterocycles. The van der Waals surface area contributed by atoms with Crippen molar-refractivity contribution in [3.05, 3.63) is 15.8 Å². The molecule has 1 aromatic rings. The molecule has 0 amide bonds. The van der Waals surface area contributed by atoms with E-state index in [4.69, 9.17) is 11.6 Å². The highest BCUT2D eigenvalue weighted by atomic mass is 35.5. The molecule has 1 heterocycles. The average Bonchev–Trinajstić information content (AvgIpc) is 3.11. The van der Waals surface area contributed by atoms with E-state index in [-0.39, 0.29) is 11.9 Å². The molecule has 108 valence electrons. The van der Waals surface area contributed by atoms with Gasteiger partial charge in [0.2, 0.25) is 10.0 Å². The largest absolute Gasteiger partial charge is 0.244 e. The molecule has 0 radical (unpaired) electrons. The van der Waals surface area contributed by atoms with Crippen molar-refractivity contribution < 1.29 is 8.42 Å². The zero-order chi connectivity index (χ0) is 14.0. The lowest BCUT2D eigenvalue weighted by atomic mass is 10.3. The van der Waals surface area contributed by atoms with Gasteiger partial charge in [0, 0.05) is 17.5 Å². The summed E-state index contributed by atoms with van der Waals surface area (Å²) < 4.78 is 27.4. The van der Waals surface area contributed by atoms with Gasteiger partial charge in [-0.1, -0.05) is 13.3 Å². The number of alkyl halides is 1. The first-order valence-corrected chi connectivity index (χ1v) is 9.52. The Kier molecular flexibility index (Phi) is 4.93. The Bertz CT molecular complexity index is 535. The topological polar surface area (TPSA) is 37.4 Å². The quantitative estimate of drug-likeness (QED) is 0.717. The molecule has 1 fully saturated rings. The molecule has 0 saturated heterocycles. The van der Waals surface area contributed by atoms with Crippen LogP contribution in [0.1, 0.15) is 43.0 Å². The Morgan fingerprint density at radius 1 is 1.47 bits per heavy atom.